The standard InChI is InChI=1S/C20H30O3/c1-19-8-6-13(21)10-12(19)11-16(23-3)18-14-4-5-17(22)20(14,2)9-7-15(18)19/h5,10,12,14-16,18,21-22H,4,6-9,11H2,1-3H3/t12?,14-,15-,16-,18-,19-,20-/m0/s1. The minimum atomic E-state index is -0.0478. The molecule has 2 fully saturated rings. The first-order valence-corrected chi connectivity index (χ1v) is 9.22. The Kier molecular flexibility index (Phi) is 3.39. The van der Waals surface area contributed by atoms with Crippen LogP contribution in [0.2, 0.25) is 0 Å². The smallest absolute Gasteiger partial charge is 0.0944 e. The molecule has 0 spiro atoms. The van der Waals surface area contributed by atoms with Crippen LogP contribution in [0.15, 0.2) is 23.7 Å². The molecule has 0 saturated heterocycles. The highest BCUT2D eigenvalue weighted by atomic mass is 16.5. The van der Waals surface area contributed by atoms with Gasteiger partial charge in [0.15, 0.2) is 0 Å². The molecule has 0 heterocycles. The van der Waals surface area contributed by atoms with E-state index in [1.165, 1.54) is 0 Å². The van der Waals surface area contributed by atoms with E-state index in [1.54, 1.807) is 0 Å². The highest BCUT2D eigenvalue weighted by molar-refractivity contribution is 5.23. The van der Waals surface area contributed by atoms with Gasteiger partial charge in [-0.25, -0.2) is 0 Å². The fourth-order valence-corrected chi connectivity index (χ4v) is 6.58. The van der Waals surface area contributed by atoms with Crippen LogP contribution < -0.4 is 0 Å². The van der Waals surface area contributed by atoms with E-state index in [9.17, 15) is 10.2 Å². The number of methoxy groups -OCH3 is 1. The van der Waals surface area contributed by atoms with E-state index >= 15 is 0 Å². The van der Waals surface area contributed by atoms with Gasteiger partial charge in [0.05, 0.1) is 17.6 Å². The van der Waals surface area contributed by atoms with Crippen molar-refractivity contribution in [3.63, 3.8) is 0 Å². The third-order valence-electron chi connectivity index (χ3n) is 8.10. The van der Waals surface area contributed by atoms with Crippen molar-refractivity contribution in [3.8, 4) is 0 Å². The van der Waals surface area contributed by atoms with Gasteiger partial charge in [0.1, 0.15) is 0 Å². The topological polar surface area (TPSA) is 49.7 Å². The summed E-state index contributed by atoms with van der Waals surface area (Å²) in [7, 11) is 1.84. The summed E-state index contributed by atoms with van der Waals surface area (Å²) < 4.78 is 5.96. The molecule has 3 nitrogen and oxygen atoms in total. The van der Waals surface area contributed by atoms with Crippen LogP contribution in [0.1, 0.15) is 52.4 Å². The van der Waals surface area contributed by atoms with E-state index in [2.05, 4.69) is 26.0 Å². The molecule has 3 heteroatoms. The first-order chi connectivity index (χ1) is 10.9. The minimum absolute atomic E-state index is 0.0478. The van der Waals surface area contributed by atoms with Gasteiger partial charge in [-0.1, -0.05) is 13.8 Å². The SMILES string of the molecule is CO[C@H]1CC2C=C(O)CC[C@]2(C)[C@H]2CC[C@]3(C)C(O)=CC[C@H]3[C@H]12. The molecule has 0 aromatic rings. The van der Waals surface area contributed by atoms with E-state index in [0.29, 0.717) is 35.2 Å². The molecule has 7 atom stereocenters. The average molecular weight is 318 g/mol. The third kappa shape index (κ3) is 1.98. The van der Waals surface area contributed by atoms with Crippen molar-refractivity contribution in [3.05, 3.63) is 23.7 Å². The Bertz CT molecular complexity index is 565. The lowest BCUT2D eigenvalue weighted by Gasteiger charge is -2.60. The molecule has 0 aromatic carbocycles. The van der Waals surface area contributed by atoms with E-state index in [1.807, 2.05) is 7.11 Å². The fourth-order valence-electron chi connectivity index (χ4n) is 6.58. The highest BCUT2D eigenvalue weighted by Crippen LogP contribution is 2.65. The molecule has 0 radical (unpaired) electrons. The van der Waals surface area contributed by atoms with Gasteiger partial charge >= 0.3 is 0 Å². The molecule has 4 rings (SSSR count). The molecule has 0 bridgehead atoms. The first-order valence-electron chi connectivity index (χ1n) is 9.22. The van der Waals surface area contributed by atoms with Gasteiger partial charge < -0.3 is 14.9 Å². The van der Waals surface area contributed by atoms with E-state index in [0.717, 1.165) is 38.5 Å². The summed E-state index contributed by atoms with van der Waals surface area (Å²) in [5.41, 5.74) is 0.221. The molecule has 0 aromatic heterocycles. The molecule has 4 aliphatic rings. The normalized spacial score (nSPS) is 52.0. The Hall–Kier alpha value is -0.960. The molecule has 2 N–H and O–H groups in total. The molecule has 2 saturated carbocycles. The van der Waals surface area contributed by atoms with Crippen LogP contribution in [0.25, 0.3) is 0 Å². The molecule has 0 amide bonds. The number of rotatable bonds is 1. The van der Waals surface area contributed by atoms with E-state index in [4.69, 9.17) is 4.74 Å². The third-order valence-corrected chi connectivity index (χ3v) is 8.10. The van der Waals surface area contributed by atoms with Crippen LogP contribution in [0.5, 0.6) is 0 Å². The Morgan fingerprint density at radius 3 is 2.70 bits per heavy atom. The van der Waals surface area contributed by atoms with Gasteiger partial charge in [0.2, 0.25) is 0 Å². The van der Waals surface area contributed by atoms with Crippen LogP contribution in [0.4, 0.5) is 0 Å². The quantitative estimate of drug-likeness (QED) is 0.733. The van der Waals surface area contributed by atoms with Crippen LogP contribution in [-0.4, -0.2) is 23.4 Å². The monoisotopic (exact) mass is 318 g/mol. The fraction of sp³-hybridized carbons (Fsp3) is 0.800. The van der Waals surface area contributed by atoms with Gasteiger partial charge in [-0.05, 0) is 73.3 Å². The minimum Gasteiger partial charge on any atom is -0.513 e. The second-order valence-corrected chi connectivity index (χ2v) is 8.85. The maximum absolute atomic E-state index is 10.4. The molecule has 23 heavy (non-hydrogen) atoms. The van der Waals surface area contributed by atoms with Gasteiger partial charge in [0.25, 0.3) is 0 Å². The van der Waals surface area contributed by atoms with E-state index in [-0.39, 0.29) is 16.9 Å². The molecule has 128 valence electrons. The predicted octanol–water partition coefficient (Wildman–Crippen LogP) is 4.76. The Morgan fingerprint density at radius 2 is 1.96 bits per heavy atom. The highest BCUT2D eigenvalue weighted by Gasteiger charge is 2.61. The van der Waals surface area contributed by atoms with Crippen LogP contribution in [0.3, 0.4) is 0 Å². The zero-order valence-electron chi connectivity index (χ0n) is 14.6. The summed E-state index contributed by atoms with van der Waals surface area (Å²) in [5.74, 6) is 3.27. The predicted molar refractivity (Wildman–Crippen MR) is 90.1 cm³/mol. The largest absolute Gasteiger partial charge is 0.513 e. The van der Waals surface area contributed by atoms with Crippen LogP contribution >= 0.6 is 0 Å². The summed E-state index contributed by atoms with van der Waals surface area (Å²) in [5, 5.41) is 20.5. The summed E-state index contributed by atoms with van der Waals surface area (Å²) in [6.07, 6.45) is 10.6. The lowest BCUT2D eigenvalue weighted by Crippen LogP contribution is -2.57. The second kappa shape index (κ2) is 5.02. The lowest BCUT2D eigenvalue weighted by molar-refractivity contribution is -0.153. The van der Waals surface area contributed by atoms with Gasteiger partial charge in [-0.2, -0.15) is 0 Å². The summed E-state index contributed by atoms with van der Waals surface area (Å²) in [6.45, 7) is 4.69. The second-order valence-electron chi connectivity index (χ2n) is 8.85. The molecular weight excluding hydrogens is 288 g/mol. The van der Waals surface area contributed by atoms with Crippen molar-refractivity contribution in [2.45, 2.75) is 58.5 Å². The van der Waals surface area contributed by atoms with Gasteiger partial charge in [-0.3, -0.25) is 0 Å². The van der Waals surface area contributed by atoms with Crippen LogP contribution in [0, 0.1) is 34.5 Å². The summed E-state index contributed by atoms with van der Waals surface area (Å²) >= 11 is 0. The number of ether oxygens (including phenoxy) is 1. The Labute approximate surface area is 139 Å². The molecule has 1 unspecified atom stereocenters. The Balaban J connectivity index is 1.73. The molecule has 0 aliphatic heterocycles. The number of fused-ring (bicyclic) bond motifs is 5. The number of allylic oxidation sites excluding steroid dienone is 4. The lowest BCUT2D eigenvalue weighted by atomic mass is 9.45. The van der Waals surface area contributed by atoms with Crippen LogP contribution in [-0.2, 0) is 4.74 Å². The zero-order chi connectivity index (χ0) is 16.4. The van der Waals surface area contributed by atoms with Crippen molar-refractivity contribution in [2.24, 2.45) is 34.5 Å². The maximum Gasteiger partial charge on any atom is 0.0944 e. The van der Waals surface area contributed by atoms with Crippen molar-refractivity contribution < 1.29 is 14.9 Å². The molecule has 4 aliphatic carbocycles. The number of hydrogen-bond donors (Lipinski definition) is 2. The molecular formula is C20H30O3. The van der Waals surface area contributed by atoms with E-state index < -0.39 is 0 Å². The van der Waals surface area contributed by atoms with Gasteiger partial charge in [0, 0.05) is 18.9 Å². The van der Waals surface area contributed by atoms with Crippen molar-refractivity contribution in [2.75, 3.05) is 7.11 Å². The van der Waals surface area contributed by atoms with Crippen molar-refractivity contribution in [1.82, 2.24) is 0 Å². The first kappa shape index (κ1) is 15.6. The number of aliphatic hydroxyl groups excluding tert-OH is 2. The number of hydrogen-bond acceptors (Lipinski definition) is 3. The maximum atomic E-state index is 10.4. The van der Waals surface area contributed by atoms with Gasteiger partial charge in [-0.15, -0.1) is 0 Å². The van der Waals surface area contributed by atoms with Crippen molar-refractivity contribution >= 4 is 0 Å². The summed E-state index contributed by atoms with van der Waals surface area (Å²) in [6, 6.07) is 0. The van der Waals surface area contributed by atoms with Crippen molar-refractivity contribution in [1.29, 1.82) is 0 Å². The summed E-state index contributed by atoms with van der Waals surface area (Å²) in [4.78, 5) is 0. The Morgan fingerprint density at radius 1 is 1.17 bits per heavy atom. The zero-order valence-corrected chi connectivity index (χ0v) is 14.6. The number of aliphatic hydroxyl groups is 2. The average Bonchev–Trinajstić information content (AvgIpc) is 2.83.